The molecule has 0 saturated carbocycles. The number of rotatable bonds is 2. The molecule has 4 nitrogen and oxygen atoms in total. The van der Waals surface area contributed by atoms with E-state index in [-0.39, 0.29) is 5.75 Å². The molecule has 0 aliphatic carbocycles. The lowest BCUT2D eigenvalue weighted by atomic mass is 10.3. The fraction of sp³-hybridized carbons (Fsp3) is 0. The lowest BCUT2D eigenvalue weighted by molar-refractivity contribution is 0.111. The molecule has 1 N–H and O–H groups in total. The van der Waals surface area contributed by atoms with Gasteiger partial charge in [-0.25, -0.2) is 4.98 Å². The van der Waals surface area contributed by atoms with Gasteiger partial charge in [0.05, 0.1) is 18.2 Å². The molecule has 0 spiro atoms. The summed E-state index contributed by atoms with van der Waals surface area (Å²) >= 11 is 0. The minimum Gasteiger partial charge on any atom is -0.506 e. The smallest absolute Gasteiger partial charge is 0.168 e. The third-order valence-electron chi connectivity index (χ3n) is 1.93. The van der Waals surface area contributed by atoms with Crippen molar-refractivity contribution in [3.8, 4) is 11.4 Å². The van der Waals surface area contributed by atoms with Gasteiger partial charge in [-0.15, -0.1) is 0 Å². The molecule has 0 saturated heterocycles. The van der Waals surface area contributed by atoms with Crippen LogP contribution in [0.2, 0.25) is 0 Å². The highest BCUT2D eigenvalue weighted by molar-refractivity contribution is 5.73. The van der Waals surface area contributed by atoms with Gasteiger partial charge in [0.25, 0.3) is 0 Å². The lowest BCUT2D eigenvalue weighted by Gasteiger charge is -2.05. The first kappa shape index (κ1) is 8.50. The van der Waals surface area contributed by atoms with Crippen molar-refractivity contribution < 1.29 is 9.90 Å². The Labute approximate surface area is 80.4 Å². The Kier molecular flexibility index (Phi) is 2.02. The first-order chi connectivity index (χ1) is 6.83. The van der Waals surface area contributed by atoms with Crippen LogP contribution in [0.25, 0.3) is 5.69 Å². The van der Waals surface area contributed by atoms with Gasteiger partial charge < -0.3 is 5.11 Å². The zero-order chi connectivity index (χ0) is 9.97. The predicted molar refractivity (Wildman–Crippen MR) is 50.6 cm³/mol. The van der Waals surface area contributed by atoms with Gasteiger partial charge in [-0.1, -0.05) is 12.1 Å². The van der Waals surface area contributed by atoms with Gasteiger partial charge in [0.15, 0.2) is 6.29 Å². The number of benzene rings is 1. The first-order valence-corrected chi connectivity index (χ1v) is 4.09. The van der Waals surface area contributed by atoms with Crippen LogP contribution in [-0.4, -0.2) is 20.9 Å². The molecule has 0 aliphatic heterocycles. The van der Waals surface area contributed by atoms with E-state index in [0.29, 0.717) is 17.7 Å². The standard InChI is InChI=1S/C10H8N2O2/c13-6-8-5-11-7-12(8)9-3-1-2-4-10(9)14/h1-7,14H. The van der Waals surface area contributed by atoms with E-state index in [0.717, 1.165) is 0 Å². The number of hydrogen-bond donors (Lipinski definition) is 1. The Morgan fingerprint density at radius 3 is 2.86 bits per heavy atom. The average molecular weight is 188 g/mol. The normalized spacial score (nSPS) is 10.0. The summed E-state index contributed by atoms with van der Waals surface area (Å²) in [6.07, 6.45) is 3.62. The number of nitrogens with zero attached hydrogens (tertiary/aromatic N) is 2. The van der Waals surface area contributed by atoms with Crippen LogP contribution in [0.4, 0.5) is 0 Å². The second-order valence-electron chi connectivity index (χ2n) is 2.80. The monoisotopic (exact) mass is 188 g/mol. The van der Waals surface area contributed by atoms with E-state index in [4.69, 9.17) is 0 Å². The predicted octanol–water partition coefficient (Wildman–Crippen LogP) is 1.39. The van der Waals surface area contributed by atoms with Crippen LogP contribution in [0, 0.1) is 0 Å². The number of carbonyl (C=O) groups is 1. The summed E-state index contributed by atoms with van der Waals surface area (Å²) in [4.78, 5) is 14.5. The minimum atomic E-state index is 0.119. The Morgan fingerprint density at radius 1 is 1.36 bits per heavy atom. The van der Waals surface area contributed by atoms with E-state index in [1.165, 1.54) is 17.1 Å². The first-order valence-electron chi connectivity index (χ1n) is 4.09. The van der Waals surface area contributed by atoms with Crippen LogP contribution in [0.5, 0.6) is 5.75 Å². The number of aromatic nitrogens is 2. The fourth-order valence-corrected chi connectivity index (χ4v) is 1.26. The minimum absolute atomic E-state index is 0.119. The van der Waals surface area contributed by atoms with Crippen molar-refractivity contribution in [1.29, 1.82) is 0 Å². The number of phenolic OH excluding ortho intramolecular Hbond substituents is 1. The van der Waals surface area contributed by atoms with Gasteiger partial charge in [0, 0.05) is 0 Å². The van der Waals surface area contributed by atoms with E-state index in [9.17, 15) is 9.90 Å². The van der Waals surface area contributed by atoms with E-state index >= 15 is 0 Å². The maximum atomic E-state index is 10.6. The molecular weight excluding hydrogens is 180 g/mol. The number of phenols is 1. The van der Waals surface area contributed by atoms with Crippen molar-refractivity contribution in [3.63, 3.8) is 0 Å². The van der Waals surface area contributed by atoms with Crippen molar-refractivity contribution in [2.45, 2.75) is 0 Å². The molecule has 1 aromatic carbocycles. The number of aromatic hydroxyl groups is 1. The van der Waals surface area contributed by atoms with Gasteiger partial charge >= 0.3 is 0 Å². The lowest BCUT2D eigenvalue weighted by Crippen LogP contribution is -1.97. The van der Waals surface area contributed by atoms with Crippen molar-refractivity contribution in [2.24, 2.45) is 0 Å². The highest BCUT2D eigenvalue weighted by Crippen LogP contribution is 2.21. The quantitative estimate of drug-likeness (QED) is 0.724. The molecule has 0 fully saturated rings. The second-order valence-corrected chi connectivity index (χ2v) is 2.80. The molecule has 0 bridgehead atoms. The number of imidazole rings is 1. The van der Waals surface area contributed by atoms with E-state index in [1.54, 1.807) is 24.3 Å². The molecule has 1 heterocycles. The summed E-state index contributed by atoms with van der Waals surface area (Å²) < 4.78 is 1.53. The number of hydrogen-bond acceptors (Lipinski definition) is 3. The number of aldehydes is 1. The Bertz CT molecular complexity index is 463. The molecule has 1 aromatic heterocycles. The maximum absolute atomic E-state index is 10.6. The van der Waals surface area contributed by atoms with Crippen molar-refractivity contribution in [1.82, 2.24) is 9.55 Å². The molecule has 14 heavy (non-hydrogen) atoms. The van der Waals surface area contributed by atoms with Crippen LogP contribution in [-0.2, 0) is 0 Å². The Morgan fingerprint density at radius 2 is 2.14 bits per heavy atom. The van der Waals surface area contributed by atoms with Gasteiger partial charge in [0.2, 0.25) is 0 Å². The highest BCUT2D eigenvalue weighted by atomic mass is 16.3. The number of para-hydroxylation sites is 2. The highest BCUT2D eigenvalue weighted by Gasteiger charge is 2.06. The van der Waals surface area contributed by atoms with Crippen LogP contribution in [0.1, 0.15) is 10.5 Å². The largest absolute Gasteiger partial charge is 0.506 e. The summed E-state index contributed by atoms with van der Waals surface area (Å²) in [6.45, 7) is 0. The molecule has 2 aromatic rings. The molecule has 70 valence electrons. The van der Waals surface area contributed by atoms with E-state index < -0.39 is 0 Å². The molecule has 0 radical (unpaired) electrons. The molecule has 0 amide bonds. The summed E-state index contributed by atoms with van der Waals surface area (Å²) in [6, 6.07) is 6.77. The Hall–Kier alpha value is -2.10. The maximum Gasteiger partial charge on any atom is 0.168 e. The Balaban J connectivity index is 2.60. The summed E-state index contributed by atoms with van der Waals surface area (Å²) in [7, 11) is 0. The molecular formula is C10H8N2O2. The molecule has 0 aliphatic rings. The topological polar surface area (TPSA) is 55.1 Å². The molecule has 4 heteroatoms. The third-order valence-corrected chi connectivity index (χ3v) is 1.93. The van der Waals surface area contributed by atoms with Gasteiger partial charge in [0.1, 0.15) is 11.4 Å². The van der Waals surface area contributed by atoms with Gasteiger partial charge in [-0.05, 0) is 12.1 Å². The average Bonchev–Trinajstić information content (AvgIpc) is 2.66. The summed E-state index contributed by atoms with van der Waals surface area (Å²) in [5.74, 6) is 0.119. The van der Waals surface area contributed by atoms with Gasteiger partial charge in [-0.2, -0.15) is 0 Å². The van der Waals surface area contributed by atoms with Crippen LogP contribution in [0.15, 0.2) is 36.8 Å². The van der Waals surface area contributed by atoms with E-state index in [1.807, 2.05) is 0 Å². The zero-order valence-electron chi connectivity index (χ0n) is 7.29. The molecule has 0 unspecified atom stereocenters. The van der Waals surface area contributed by atoms with Crippen LogP contribution in [0.3, 0.4) is 0 Å². The summed E-state index contributed by atoms with van der Waals surface area (Å²) in [5, 5.41) is 9.54. The third kappa shape index (κ3) is 1.26. The molecule has 2 rings (SSSR count). The second kappa shape index (κ2) is 3.33. The SMILES string of the molecule is O=Cc1cncn1-c1ccccc1O. The fourth-order valence-electron chi connectivity index (χ4n) is 1.26. The molecule has 0 atom stereocenters. The number of carbonyl (C=O) groups excluding carboxylic acids is 1. The summed E-state index contributed by atoms with van der Waals surface area (Å²) in [5.41, 5.74) is 0.957. The van der Waals surface area contributed by atoms with Crippen LogP contribution < -0.4 is 0 Å². The van der Waals surface area contributed by atoms with E-state index in [2.05, 4.69) is 4.98 Å². The van der Waals surface area contributed by atoms with Crippen molar-refractivity contribution in [3.05, 3.63) is 42.5 Å². The van der Waals surface area contributed by atoms with Gasteiger partial charge in [-0.3, -0.25) is 9.36 Å². The van der Waals surface area contributed by atoms with Crippen molar-refractivity contribution >= 4 is 6.29 Å². The van der Waals surface area contributed by atoms with Crippen molar-refractivity contribution in [2.75, 3.05) is 0 Å². The van der Waals surface area contributed by atoms with Crippen LogP contribution >= 0.6 is 0 Å². The zero-order valence-corrected chi connectivity index (χ0v) is 7.29.